The topological polar surface area (TPSA) is 53.9 Å². The average Bonchev–Trinajstić information content (AvgIpc) is 3.03. The van der Waals surface area contributed by atoms with E-state index in [1.807, 2.05) is 18.2 Å². The summed E-state index contributed by atoms with van der Waals surface area (Å²) in [5.41, 5.74) is 0.899. The molecule has 2 heterocycles. The maximum Gasteiger partial charge on any atom is 0.233 e. The van der Waals surface area contributed by atoms with Gasteiger partial charge in [-0.3, -0.25) is 9.89 Å². The average molecular weight is 385 g/mol. The van der Waals surface area contributed by atoms with Crippen molar-refractivity contribution in [3.8, 4) is 0 Å². The van der Waals surface area contributed by atoms with E-state index in [0.717, 1.165) is 51.0 Å². The summed E-state index contributed by atoms with van der Waals surface area (Å²) in [6.45, 7) is 5.87. The summed E-state index contributed by atoms with van der Waals surface area (Å²) in [7, 11) is 0. The third-order valence-electron chi connectivity index (χ3n) is 6.34. The Labute approximate surface area is 165 Å². The Balaban J connectivity index is 1.48. The Morgan fingerprint density at radius 2 is 1.89 bits per heavy atom. The van der Waals surface area contributed by atoms with Gasteiger partial charge in [-0.1, -0.05) is 36.8 Å². The summed E-state index contributed by atoms with van der Waals surface area (Å²) < 4.78 is 2.81. The summed E-state index contributed by atoms with van der Waals surface area (Å²) in [6.07, 6.45) is 4.98. The molecule has 0 bridgehead atoms. The van der Waals surface area contributed by atoms with Crippen molar-refractivity contribution in [1.82, 2.24) is 19.7 Å². The Morgan fingerprint density at radius 3 is 2.44 bits per heavy atom. The van der Waals surface area contributed by atoms with E-state index < -0.39 is 0 Å². The number of aromatic nitrogens is 3. The van der Waals surface area contributed by atoms with Crippen LogP contribution in [0.2, 0.25) is 0 Å². The number of hydrogen-bond donors (Lipinski definition) is 1. The first kappa shape index (κ1) is 18.4. The molecule has 0 atom stereocenters. The third kappa shape index (κ3) is 3.14. The van der Waals surface area contributed by atoms with Crippen LogP contribution in [0, 0.1) is 4.77 Å². The van der Waals surface area contributed by atoms with Crippen LogP contribution >= 0.6 is 12.2 Å². The third-order valence-corrected chi connectivity index (χ3v) is 6.63. The molecule has 2 fully saturated rings. The van der Waals surface area contributed by atoms with Crippen LogP contribution in [0.5, 0.6) is 0 Å². The van der Waals surface area contributed by atoms with Crippen LogP contribution in [0.4, 0.5) is 0 Å². The number of carbonyl (C=O) groups is 1. The van der Waals surface area contributed by atoms with E-state index in [-0.39, 0.29) is 5.41 Å². The van der Waals surface area contributed by atoms with Gasteiger partial charge in [-0.15, -0.1) is 0 Å². The molecule has 2 aliphatic rings. The van der Waals surface area contributed by atoms with Gasteiger partial charge in [0, 0.05) is 25.0 Å². The van der Waals surface area contributed by atoms with E-state index in [2.05, 4.69) is 45.6 Å². The number of piperidine rings is 1. The van der Waals surface area contributed by atoms with Gasteiger partial charge in [0.1, 0.15) is 5.82 Å². The molecule has 1 aliphatic carbocycles. The highest BCUT2D eigenvalue weighted by Gasteiger charge is 2.48. The molecule has 144 valence electrons. The van der Waals surface area contributed by atoms with Crippen LogP contribution in [0.15, 0.2) is 30.3 Å². The minimum absolute atomic E-state index is 0.286. The van der Waals surface area contributed by atoms with E-state index in [0.29, 0.717) is 22.6 Å². The van der Waals surface area contributed by atoms with Gasteiger partial charge < -0.3 is 9.47 Å². The largest absolute Gasteiger partial charge is 0.342 e. The number of aromatic amines is 1. The molecule has 1 aliphatic heterocycles. The number of hydrogen-bond acceptors (Lipinski definition) is 3. The van der Waals surface area contributed by atoms with Crippen LogP contribution in [0.1, 0.15) is 69.3 Å². The summed E-state index contributed by atoms with van der Waals surface area (Å²) in [6, 6.07) is 10.6. The first-order valence-corrected chi connectivity index (χ1v) is 10.5. The minimum atomic E-state index is -0.286. The minimum Gasteiger partial charge on any atom is -0.342 e. The Morgan fingerprint density at radius 1 is 1.22 bits per heavy atom. The molecule has 2 aromatic rings. The van der Waals surface area contributed by atoms with Gasteiger partial charge in [0.15, 0.2) is 4.77 Å². The van der Waals surface area contributed by atoms with Crippen molar-refractivity contribution in [2.24, 2.45) is 0 Å². The van der Waals surface area contributed by atoms with Gasteiger partial charge in [0.2, 0.25) is 5.91 Å². The molecular weight excluding hydrogens is 356 g/mol. The predicted molar refractivity (Wildman–Crippen MR) is 108 cm³/mol. The van der Waals surface area contributed by atoms with Crippen molar-refractivity contribution in [2.75, 3.05) is 13.1 Å². The zero-order valence-electron chi connectivity index (χ0n) is 16.1. The number of benzene rings is 1. The highest BCUT2D eigenvalue weighted by atomic mass is 32.1. The second-order valence-corrected chi connectivity index (χ2v) is 8.61. The first-order valence-electron chi connectivity index (χ1n) is 10.0. The van der Waals surface area contributed by atoms with Gasteiger partial charge in [-0.2, -0.15) is 5.10 Å². The second kappa shape index (κ2) is 7.23. The van der Waals surface area contributed by atoms with Gasteiger partial charge in [-0.25, -0.2) is 0 Å². The lowest BCUT2D eigenvalue weighted by molar-refractivity contribution is -0.142. The molecule has 1 aromatic carbocycles. The standard InChI is InChI=1S/C21H28N4OS/c1-15(2)25-18(22-23-20(25)27)16-9-13-24(14-10-16)19(26)21(11-6-12-21)17-7-4-3-5-8-17/h3-5,7-8,15-16H,6,9-14H2,1-2H3,(H,23,27). The number of rotatable bonds is 4. The molecule has 1 amide bonds. The second-order valence-electron chi connectivity index (χ2n) is 8.22. The maximum absolute atomic E-state index is 13.4. The lowest BCUT2D eigenvalue weighted by Gasteiger charge is -2.45. The van der Waals surface area contributed by atoms with Crippen LogP contribution in [0.3, 0.4) is 0 Å². The van der Waals surface area contributed by atoms with Crippen molar-refractivity contribution < 1.29 is 4.79 Å². The van der Waals surface area contributed by atoms with Gasteiger partial charge in [0.25, 0.3) is 0 Å². The lowest BCUT2D eigenvalue weighted by atomic mass is 9.63. The highest BCUT2D eigenvalue weighted by molar-refractivity contribution is 7.71. The molecule has 0 radical (unpaired) electrons. The number of carbonyl (C=O) groups excluding carboxylic acids is 1. The van der Waals surface area contributed by atoms with Gasteiger partial charge in [0.05, 0.1) is 5.41 Å². The van der Waals surface area contributed by atoms with Crippen LogP contribution < -0.4 is 0 Å². The van der Waals surface area contributed by atoms with Gasteiger partial charge >= 0.3 is 0 Å². The SMILES string of the molecule is CC(C)n1c(C2CCN(C(=O)C3(c4ccccc4)CCC3)CC2)n[nH]c1=S. The molecule has 6 heteroatoms. The summed E-state index contributed by atoms with van der Waals surface area (Å²) in [5, 5.41) is 7.45. The Kier molecular flexibility index (Phi) is 4.93. The molecule has 1 saturated heterocycles. The molecule has 0 spiro atoms. The highest BCUT2D eigenvalue weighted by Crippen LogP contribution is 2.45. The van der Waals surface area contributed by atoms with Crippen molar-refractivity contribution in [2.45, 2.75) is 63.3 Å². The molecule has 27 heavy (non-hydrogen) atoms. The quantitative estimate of drug-likeness (QED) is 0.798. The smallest absolute Gasteiger partial charge is 0.233 e. The first-order chi connectivity index (χ1) is 13.0. The van der Waals surface area contributed by atoms with E-state index in [4.69, 9.17) is 12.2 Å². The van der Waals surface area contributed by atoms with Crippen LogP contribution in [-0.2, 0) is 10.2 Å². The number of H-pyrrole nitrogens is 1. The summed E-state index contributed by atoms with van der Waals surface area (Å²) >= 11 is 5.39. The summed E-state index contributed by atoms with van der Waals surface area (Å²) in [4.78, 5) is 15.5. The monoisotopic (exact) mass is 384 g/mol. The fourth-order valence-corrected chi connectivity index (χ4v) is 5.01. The maximum atomic E-state index is 13.4. The van der Waals surface area contributed by atoms with Gasteiger partial charge in [-0.05, 0) is 57.3 Å². The normalized spacial score (nSPS) is 19.9. The number of likely N-dealkylation sites (tertiary alicyclic amines) is 1. The van der Waals surface area contributed by atoms with Crippen LogP contribution in [0.25, 0.3) is 0 Å². The van der Waals surface area contributed by atoms with Crippen molar-refractivity contribution in [1.29, 1.82) is 0 Å². The number of amides is 1. The molecule has 1 aromatic heterocycles. The molecule has 1 saturated carbocycles. The fourth-order valence-electron chi connectivity index (χ4n) is 4.66. The van der Waals surface area contributed by atoms with Crippen molar-refractivity contribution in [3.05, 3.63) is 46.5 Å². The molecule has 1 N–H and O–H groups in total. The van der Waals surface area contributed by atoms with E-state index in [1.165, 1.54) is 5.56 Å². The fraction of sp³-hybridized carbons (Fsp3) is 0.571. The van der Waals surface area contributed by atoms with Crippen molar-refractivity contribution in [3.63, 3.8) is 0 Å². The zero-order chi connectivity index (χ0) is 19.0. The van der Waals surface area contributed by atoms with E-state index in [1.54, 1.807) is 0 Å². The summed E-state index contributed by atoms with van der Waals surface area (Å²) in [5.74, 6) is 1.73. The number of nitrogens with zero attached hydrogens (tertiary/aromatic N) is 3. The van der Waals surface area contributed by atoms with Crippen molar-refractivity contribution >= 4 is 18.1 Å². The molecule has 0 unspecified atom stereocenters. The lowest BCUT2D eigenvalue weighted by Crippen LogP contribution is -2.53. The van der Waals surface area contributed by atoms with E-state index >= 15 is 0 Å². The zero-order valence-corrected chi connectivity index (χ0v) is 17.0. The van der Waals surface area contributed by atoms with E-state index in [9.17, 15) is 4.79 Å². The molecule has 4 rings (SSSR count). The molecule has 5 nitrogen and oxygen atoms in total. The molecular formula is C21H28N4OS. The van der Waals surface area contributed by atoms with Crippen LogP contribution in [-0.4, -0.2) is 38.7 Å². The Hall–Kier alpha value is -1.95. The number of nitrogens with one attached hydrogen (secondary N) is 1. The Bertz CT molecular complexity index is 858. The predicted octanol–water partition coefficient (Wildman–Crippen LogP) is 4.35.